The average molecular weight is 486 g/mol. The van der Waals surface area contributed by atoms with Crippen LogP contribution < -0.4 is 10.1 Å². The Kier molecular flexibility index (Phi) is 7.52. The molecule has 33 heavy (non-hydrogen) atoms. The second-order valence-corrected chi connectivity index (χ2v) is 10.6. The number of rotatable bonds is 8. The average Bonchev–Trinajstić information content (AvgIpc) is 2.84. The molecular weight excluding hydrogens is 458 g/mol. The summed E-state index contributed by atoms with van der Waals surface area (Å²) in [6.45, 7) is 3.17. The van der Waals surface area contributed by atoms with E-state index < -0.39 is 10.0 Å². The maximum Gasteiger partial charge on any atom is 0.246 e. The molecule has 0 bridgehead atoms. The maximum absolute atomic E-state index is 13.3. The van der Waals surface area contributed by atoms with Crippen molar-refractivity contribution in [2.45, 2.75) is 36.0 Å². The first kappa shape index (κ1) is 23.5. The number of fused-ring (bicyclic) bond motifs is 1. The predicted molar refractivity (Wildman–Crippen MR) is 131 cm³/mol. The summed E-state index contributed by atoms with van der Waals surface area (Å²) in [5.74, 6) is 0.278. The Hall–Kier alpha value is -2.62. The number of sulfonamides is 1. The number of benzene rings is 2. The first-order valence-electron chi connectivity index (χ1n) is 11.0. The molecule has 3 aromatic rings. The fourth-order valence-electron chi connectivity index (χ4n) is 3.84. The Bertz CT molecular complexity index is 1240. The number of para-hydroxylation sites is 1. The number of nitrogens with zero attached hydrogens (tertiary/aromatic N) is 2. The summed E-state index contributed by atoms with van der Waals surface area (Å²) in [6.07, 6.45) is 4.46. The first-order valence-corrected chi connectivity index (χ1v) is 13.4. The number of hydrogen-bond acceptors (Lipinski definition) is 6. The number of pyridine rings is 1. The van der Waals surface area contributed by atoms with Gasteiger partial charge in [-0.2, -0.15) is 4.31 Å². The van der Waals surface area contributed by atoms with Crippen LogP contribution in [-0.2, 0) is 14.8 Å². The normalized spacial score (nSPS) is 14.8. The van der Waals surface area contributed by atoms with E-state index in [-0.39, 0.29) is 16.6 Å². The van der Waals surface area contributed by atoms with Crippen LogP contribution in [-0.4, -0.2) is 49.1 Å². The molecule has 1 aromatic heterocycles. The van der Waals surface area contributed by atoms with Crippen LogP contribution in [0.3, 0.4) is 0 Å². The van der Waals surface area contributed by atoms with E-state index in [4.69, 9.17) is 4.74 Å². The molecule has 0 atom stereocenters. The van der Waals surface area contributed by atoms with Crippen LogP contribution >= 0.6 is 11.8 Å². The van der Waals surface area contributed by atoms with Crippen molar-refractivity contribution in [3.8, 4) is 5.75 Å². The van der Waals surface area contributed by atoms with Gasteiger partial charge in [0.15, 0.2) is 0 Å². The third-order valence-electron chi connectivity index (χ3n) is 5.43. The smallest absolute Gasteiger partial charge is 0.246 e. The topological polar surface area (TPSA) is 88.6 Å². The summed E-state index contributed by atoms with van der Waals surface area (Å²) in [7, 11) is -3.71. The van der Waals surface area contributed by atoms with E-state index in [1.54, 1.807) is 18.3 Å². The molecule has 0 spiro atoms. The Morgan fingerprint density at radius 3 is 2.70 bits per heavy atom. The molecule has 1 aliphatic rings. The quantitative estimate of drug-likeness (QED) is 0.471. The zero-order valence-electron chi connectivity index (χ0n) is 18.5. The SMILES string of the molecule is CCOc1ccc(NC(=O)CSc2ccnc3ccccc23)cc1S(=O)(=O)N1CCCCC1. The lowest BCUT2D eigenvalue weighted by molar-refractivity contribution is -0.113. The molecule has 1 fully saturated rings. The molecule has 0 unspecified atom stereocenters. The van der Waals surface area contributed by atoms with Crippen LogP contribution in [0.1, 0.15) is 26.2 Å². The zero-order valence-corrected chi connectivity index (χ0v) is 20.1. The minimum absolute atomic E-state index is 0.0943. The second-order valence-electron chi connectivity index (χ2n) is 7.72. The monoisotopic (exact) mass is 485 g/mol. The van der Waals surface area contributed by atoms with Crippen molar-refractivity contribution in [2.75, 3.05) is 30.8 Å². The molecule has 4 rings (SSSR count). The number of carbonyl (C=O) groups is 1. The van der Waals surface area contributed by atoms with Crippen LogP contribution in [0.4, 0.5) is 5.69 Å². The summed E-state index contributed by atoms with van der Waals surface area (Å²) in [6, 6.07) is 14.5. The molecule has 0 aliphatic carbocycles. The molecule has 1 N–H and O–H groups in total. The van der Waals surface area contributed by atoms with Gasteiger partial charge in [0, 0.05) is 35.3 Å². The van der Waals surface area contributed by atoms with Crippen LogP contribution in [0, 0.1) is 0 Å². The molecule has 1 amide bonds. The van der Waals surface area contributed by atoms with Crippen molar-refractivity contribution in [1.82, 2.24) is 9.29 Å². The fraction of sp³-hybridized carbons (Fsp3) is 0.333. The van der Waals surface area contributed by atoms with E-state index in [2.05, 4.69) is 10.3 Å². The minimum Gasteiger partial charge on any atom is -0.492 e. The Morgan fingerprint density at radius 1 is 1.12 bits per heavy atom. The van der Waals surface area contributed by atoms with Gasteiger partial charge < -0.3 is 10.1 Å². The van der Waals surface area contributed by atoms with Crippen molar-refractivity contribution in [1.29, 1.82) is 0 Å². The number of nitrogens with one attached hydrogen (secondary N) is 1. The number of amides is 1. The van der Waals surface area contributed by atoms with Gasteiger partial charge in [0.25, 0.3) is 0 Å². The molecule has 9 heteroatoms. The number of ether oxygens (including phenoxy) is 1. The predicted octanol–water partition coefficient (Wildman–Crippen LogP) is 4.54. The highest BCUT2D eigenvalue weighted by atomic mass is 32.2. The van der Waals surface area contributed by atoms with E-state index in [0.717, 1.165) is 35.1 Å². The highest BCUT2D eigenvalue weighted by Gasteiger charge is 2.29. The van der Waals surface area contributed by atoms with Gasteiger partial charge in [-0.1, -0.05) is 24.6 Å². The lowest BCUT2D eigenvalue weighted by Gasteiger charge is -2.27. The zero-order chi connectivity index (χ0) is 23.3. The molecule has 1 aliphatic heterocycles. The van der Waals surface area contributed by atoms with E-state index in [1.807, 2.05) is 37.3 Å². The van der Waals surface area contributed by atoms with Crippen molar-refractivity contribution >= 4 is 44.3 Å². The van der Waals surface area contributed by atoms with Gasteiger partial charge in [-0.05, 0) is 50.1 Å². The molecule has 2 heterocycles. The third kappa shape index (κ3) is 5.48. The van der Waals surface area contributed by atoms with Gasteiger partial charge >= 0.3 is 0 Å². The summed E-state index contributed by atoms with van der Waals surface area (Å²) < 4.78 is 33.7. The summed E-state index contributed by atoms with van der Waals surface area (Å²) >= 11 is 1.42. The van der Waals surface area contributed by atoms with Gasteiger partial charge in [-0.3, -0.25) is 9.78 Å². The molecule has 0 saturated carbocycles. The first-order chi connectivity index (χ1) is 16.0. The Labute approximate surface area is 198 Å². The molecule has 2 aromatic carbocycles. The maximum atomic E-state index is 13.3. The van der Waals surface area contributed by atoms with Gasteiger partial charge in [-0.25, -0.2) is 8.42 Å². The minimum atomic E-state index is -3.71. The number of hydrogen-bond donors (Lipinski definition) is 1. The number of anilines is 1. The number of thioether (sulfide) groups is 1. The highest BCUT2D eigenvalue weighted by molar-refractivity contribution is 8.00. The second kappa shape index (κ2) is 10.5. The van der Waals surface area contributed by atoms with Gasteiger partial charge in [0.05, 0.1) is 17.9 Å². The largest absolute Gasteiger partial charge is 0.492 e. The summed E-state index contributed by atoms with van der Waals surface area (Å²) in [4.78, 5) is 18.1. The van der Waals surface area contributed by atoms with E-state index in [9.17, 15) is 13.2 Å². The number of carbonyl (C=O) groups excluding carboxylic acids is 1. The van der Waals surface area contributed by atoms with Crippen LogP contribution in [0.25, 0.3) is 10.9 Å². The lowest BCUT2D eigenvalue weighted by atomic mass is 10.2. The fourth-order valence-corrected chi connectivity index (χ4v) is 6.36. The Balaban J connectivity index is 1.50. The van der Waals surface area contributed by atoms with Crippen molar-refractivity contribution in [2.24, 2.45) is 0 Å². The van der Waals surface area contributed by atoms with E-state index in [0.29, 0.717) is 31.1 Å². The molecule has 7 nitrogen and oxygen atoms in total. The highest BCUT2D eigenvalue weighted by Crippen LogP contribution is 2.32. The van der Waals surface area contributed by atoms with Gasteiger partial charge in [-0.15, -0.1) is 11.8 Å². The standard InChI is InChI=1S/C24H27N3O4S2/c1-2-31-21-11-10-18(16-23(21)33(29,30)27-14-6-3-7-15-27)26-24(28)17-32-22-12-13-25-20-9-5-4-8-19(20)22/h4-5,8-13,16H,2-3,6-7,14-15,17H2,1H3,(H,26,28). The van der Waals surface area contributed by atoms with Crippen molar-refractivity contribution in [3.63, 3.8) is 0 Å². The van der Waals surface area contributed by atoms with Gasteiger partial charge in [0.2, 0.25) is 15.9 Å². The number of piperidine rings is 1. The van der Waals surface area contributed by atoms with E-state index in [1.165, 1.54) is 22.1 Å². The Morgan fingerprint density at radius 2 is 1.91 bits per heavy atom. The van der Waals surface area contributed by atoms with Crippen LogP contribution in [0.2, 0.25) is 0 Å². The molecule has 174 valence electrons. The summed E-state index contributed by atoms with van der Waals surface area (Å²) in [5, 5.41) is 3.83. The van der Waals surface area contributed by atoms with E-state index >= 15 is 0 Å². The molecule has 0 radical (unpaired) electrons. The third-order valence-corrected chi connectivity index (χ3v) is 8.42. The van der Waals surface area contributed by atoms with Gasteiger partial charge in [0.1, 0.15) is 10.6 Å². The lowest BCUT2D eigenvalue weighted by Crippen LogP contribution is -2.35. The van der Waals surface area contributed by atoms with Crippen molar-refractivity contribution < 1.29 is 17.9 Å². The van der Waals surface area contributed by atoms with Crippen LogP contribution in [0.5, 0.6) is 5.75 Å². The molecular formula is C24H27N3O4S2. The van der Waals surface area contributed by atoms with Crippen LogP contribution in [0.15, 0.2) is 64.5 Å². The molecule has 1 saturated heterocycles. The summed E-state index contributed by atoms with van der Waals surface area (Å²) in [5.41, 5.74) is 1.31. The number of aromatic nitrogens is 1. The van der Waals surface area contributed by atoms with Crippen molar-refractivity contribution in [3.05, 3.63) is 54.7 Å².